The molecule has 0 saturated carbocycles. The molecule has 16 heavy (non-hydrogen) atoms. The lowest BCUT2D eigenvalue weighted by molar-refractivity contribution is 1.15. The standard InChI is InChI=1S/C13H14BrNS/c1-9-3-4-12(10(2)5-9)15-7-11-6-13(14)16-8-11/h3-6,8,15H,7H2,1-2H3. The molecule has 0 aliphatic rings. The first-order chi connectivity index (χ1) is 7.65. The molecule has 0 fully saturated rings. The Balaban J connectivity index is 2.04. The van der Waals surface area contributed by atoms with Crippen molar-refractivity contribution in [3.63, 3.8) is 0 Å². The van der Waals surface area contributed by atoms with Gasteiger partial charge >= 0.3 is 0 Å². The second kappa shape index (κ2) is 5.02. The van der Waals surface area contributed by atoms with Gasteiger partial charge in [0, 0.05) is 12.2 Å². The van der Waals surface area contributed by atoms with Gasteiger partial charge in [-0.2, -0.15) is 0 Å². The predicted molar refractivity (Wildman–Crippen MR) is 75.3 cm³/mol. The SMILES string of the molecule is Cc1ccc(NCc2csc(Br)c2)c(C)c1. The monoisotopic (exact) mass is 295 g/mol. The van der Waals surface area contributed by atoms with E-state index < -0.39 is 0 Å². The number of anilines is 1. The van der Waals surface area contributed by atoms with Gasteiger partial charge in [0.25, 0.3) is 0 Å². The molecule has 0 aliphatic heterocycles. The van der Waals surface area contributed by atoms with E-state index in [1.54, 1.807) is 11.3 Å². The zero-order valence-electron chi connectivity index (χ0n) is 9.38. The van der Waals surface area contributed by atoms with E-state index >= 15 is 0 Å². The fourth-order valence-electron chi connectivity index (χ4n) is 1.65. The van der Waals surface area contributed by atoms with Crippen LogP contribution in [-0.2, 0) is 6.54 Å². The van der Waals surface area contributed by atoms with Crippen LogP contribution in [0.5, 0.6) is 0 Å². The highest BCUT2D eigenvalue weighted by Crippen LogP contribution is 2.22. The van der Waals surface area contributed by atoms with E-state index in [1.165, 1.54) is 26.2 Å². The number of benzene rings is 1. The van der Waals surface area contributed by atoms with Crippen LogP contribution in [0.2, 0.25) is 0 Å². The highest BCUT2D eigenvalue weighted by molar-refractivity contribution is 9.11. The van der Waals surface area contributed by atoms with Gasteiger partial charge in [0.15, 0.2) is 0 Å². The maximum Gasteiger partial charge on any atom is 0.0701 e. The maximum absolute atomic E-state index is 3.47. The minimum absolute atomic E-state index is 0.881. The van der Waals surface area contributed by atoms with Crippen molar-refractivity contribution in [2.24, 2.45) is 0 Å². The molecule has 0 radical (unpaired) electrons. The Hall–Kier alpha value is -0.800. The average Bonchev–Trinajstić information content (AvgIpc) is 2.63. The molecule has 0 saturated heterocycles. The molecular weight excluding hydrogens is 282 g/mol. The van der Waals surface area contributed by atoms with Crippen molar-refractivity contribution in [2.75, 3.05) is 5.32 Å². The van der Waals surface area contributed by atoms with Crippen LogP contribution in [0.25, 0.3) is 0 Å². The summed E-state index contributed by atoms with van der Waals surface area (Å²) in [6.45, 7) is 5.14. The number of aryl methyl sites for hydroxylation is 2. The van der Waals surface area contributed by atoms with Gasteiger partial charge in [0.1, 0.15) is 0 Å². The number of nitrogens with one attached hydrogen (secondary N) is 1. The summed E-state index contributed by atoms with van der Waals surface area (Å²) in [6.07, 6.45) is 0. The Morgan fingerprint density at radius 2 is 2.06 bits per heavy atom. The molecule has 0 spiro atoms. The van der Waals surface area contributed by atoms with E-state index in [9.17, 15) is 0 Å². The number of halogens is 1. The summed E-state index contributed by atoms with van der Waals surface area (Å²) < 4.78 is 1.19. The van der Waals surface area contributed by atoms with Gasteiger partial charge in [0.05, 0.1) is 3.79 Å². The second-order valence-electron chi connectivity index (χ2n) is 3.93. The average molecular weight is 296 g/mol. The summed E-state index contributed by atoms with van der Waals surface area (Å²) in [4.78, 5) is 0. The largest absolute Gasteiger partial charge is 0.381 e. The quantitative estimate of drug-likeness (QED) is 0.862. The third-order valence-electron chi connectivity index (χ3n) is 2.49. The van der Waals surface area contributed by atoms with Gasteiger partial charge in [-0.25, -0.2) is 0 Å². The molecule has 84 valence electrons. The summed E-state index contributed by atoms with van der Waals surface area (Å²) in [5, 5.41) is 5.62. The first-order valence-electron chi connectivity index (χ1n) is 5.19. The first-order valence-corrected chi connectivity index (χ1v) is 6.86. The van der Waals surface area contributed by atoms with Gasteiger partial charge in [-0.1, -0.05) is 17.7 Å². The summed E-state index contributed by atoms with van der Waals surface area (Å²) in [6, 6.07) is 8.64. The van der Waals surface area contributed by atoms with Gasteiger partial charge in [-0.15, -0.1) is 11.3 Å². The van der Waals surface area contributed by atoms with Crippen LogP contribution in [0.15, 0.2) is 33.4 Å². The van der Waals surface area contributed by atoms with Crippen LogP contribution in [0.4, 0.5) is 5.69 Å². The molecule has 1 aromatic heterocycles. The van der Waals surface area contributed by atoms with Crippen molar-refractivity contribution < 1.29 is 0 Å². The van der Waals surface area contributed by atoms with E-state index in [1.807, 2.05) is 0 Å². The highest BCUT2D eigenvalue weighted by atomic mass is 79.9. The number of rotatable bonds is 3. The molecule has 0 unspecified atom stereocenters. The molecule has 2 rings (SSSR count). The summed E-state index contributed by atoms with van der Waals surface area (Å²) >= 11 is 5.20. The van der Waals surface area contributed by atoms with Gasteiger partial charge in [0.2, 0.25) is 0 Å². The fourth-order valence-corrected chi connectivity index (χ4v) is 2.86. The summed E-state index contributed by atoms with van der Waals surface area (Å²) in [5.74, 6) is 0. The van der Waals surface area contributed by atoms with Gasteiger partial charge in [-0.3, -0.25) is 0 Å². The van der Waals surface area contributed by atoms with E-state index in [2.05, 4.69) is 64.7 Å². The molecule has 1 N–H and O–H groups in total. The van der Waals surface area contributed by atoms with Crippen LogP contribution >= 0.6 is 27.3 Å². The van der Waals surface area contributed by atoms with E-state index in [0.717, 1.165) is 6.54 Å². The molecular formula is C13H14BrNS. The van der Waals surface area contributed by atoms with Crippen molar-refractivity contribution in [3.05, 3.63) is 50.1 Å². The van der Waals surface area contributed by atoms with Crippen LogP contribution in [0.3, 0.4) is 0 Å². The topological polar surface area (TPSA) is 12.0 Å². The lowest BCUT2D eigenvalue weighted by Gasteiger charge is -2.09. The van der Waals surface area contributed by atoms with E-state index in [4.69, 9.17) is 0 Å². The smallest absolute Gasteiger partial charge is 0.0701 e. The van der Waals surface area contributed by atoms with E-state index in [0.29, 0.717) is 0 Å². The van der Waals surface area contributed by atoms with E-state index in [-0.39, 0.29) is 0 Å². The fraction of sp³-hybridized carbons (Fsp3) is 0.231. The van der Waals surface area contributed by atoms with Gasteiger partial charge < -0.3 is 5.32 Å². The van der Waals surface area contributed by atoms with Gasteiger partial charge in [-0.05, 0) is 58.4 Å². The summed E-state index contributed by atoms with van der Waals surface area (Å²) in [7, 11) is 0. The number of hydrogen-bond donors (Lipinski definition) is 1. The Morgan fingerprint density at radius 3 is 2.69 bits per heavy atom. The molecule has 1 heterocycles. The number of hydrogen-bond acceptors (Lipinski definition) is 2. The molecule has 1 aromatic carbocycles. The minimum Gasteiger partial charge on any atom is -0.381 e. The molecule has 0 atom stereocenters. The van der Waals surface area contributed by atoms with Crippen LogP contribution in [0, 0.1) is 13.8 Å². The van der Waals surface area contributed by atoms with Crippen molar-refractivity contribution in [3.8, 4) is 0 Å². The van der Waals surface area contributed by atoms with Crippen molar-refractivity contribution in [1.29, 1.82) is 0 Å². The van der Waals surface area contributed by atoms with Crippen molar-refractivity contribution >= 4 is 33.0 Å². The normalized spacial score (nSPS) is 10.4. The number of thiophene rings is 1. The van der Waals surface area contributed by atoms with Crippen LogP contribution in [-0.4, -0.2) is 0 Å². The molecule has 0 bridgehead atoms. The zero-order chi connectivity index (χ0) is 11.5. The Bertz CT molecular complexity index is 490. The van der Waals surface area contributed by atoms with Crippen molar-refractivity contribution in [1.82, 2.24) is 0 Å². The molecule has 1 nitrogen and oxygen atoms in total. The van der Waals surface area contributed by atoms with Crippen LogP contribution in [0.1, 0.15) is 16.7 Å². The second-order valence-corrected chi connectivity index (χ2v) is 6.22. The Kier molecular flexibility index (Phi) is 3.66. The zero-order valence-corrected chi connectivity index (χ0v) is 11.8. The minimum atomic E-state index is 0.881. The highest BCUT2D eigenvalue weighted by Gasteiger charge is 2.00. The summed E-state index contributed by atoms with van der Waals surface area (Å²) in [5.41, 5.74) is 5.14. The van der Waals surface area contributed by atoms with Crippen molar-refractivity contribution in [2.45, 2.75) is 20.4 Å². The predicted octanol–water partition coefficient (Wildman–Crippen LogP) is 4.74. The Labute approximate surface area is 109 Å². The third kappa shape index (κ3) is 2.86. The van der Waals surface area contributed by atoms with Crippen LogP contribution < -0.4 is 5.32 Å². The Morgan fingerprint density at radius 1 is 1.25 bits per heavy atom. The third-order valence-corrected chi connectivity index (χ3v) is 4.04. The molecule has 2 aromatic rings. The lowest BCUT2D eigenvalue weighted by Crippen LogP contribution is -1.99. The lowest BCUT2D eigenvalue weighted by atomic mass is 10.1. The maximum atomic E-state index is 3.47. The molecule has 0 amide bonds. The molecule has 3 heteroatoms. The first kappa shape index (κ1) is 11.7. The molecule has 0 aliphatic carbocycles.